The molecular formula is C8H8ClN5O2. The van der Waals surface area contributed by atoms with E-state index in [0.717, 1.165) is 0 Å². The monoisotopic (exact) mass is 241 g/mol. The number of halogens is 1. The molecule has 1 atom stereocenters. The maximum absolute atomic E-state index is 11.7. The van der Waals surface area contributed by atoms with Crippen LogP contribution in [0, 0.1) is 0 Å². The second-order valence-corrected chi connectivity index (χ2v) is 3.50. The van der Waals surface area contributed by atoms with E-state index >= 15 is 0 Å². The quantitative estimate of drug-likeness (QED) is 0.478. The number of nitrogens with one attached hydrogen (secondary N) is 3. The number of hydrogen-bond donors (Lipinski definition) is 3. The van der Waals surface area contributed by atoms with E-state index in [0.29, 0.717) is 5.69 Å². The number of urea groups is 1. The molecule has 2 rings (SSSR count). The van der Waals surface area contributed by atoms with Crippen molar-refractivity contribution in [2.45, 2.75) is 5.54 Å². The minimum absolute atomic E-state index is 0.0187. The largest absolute Gasteiger partial charge is 0.322 e. The number of hydrogen-bond acceptors (Lipinski definition) is 5. The zero-order valence-corrected chi connectivity index (χ0v) is 8.78. The highest BCUT2D eigenvalue weighted by Gasteiger charge is 2.48. The minimum Gasteiger partial charge on any atom is -0.317 e. The van der Waals surface area contributed by atoms with E-state index in [9.17, 15) is 9.59 Å². The highest BCUT2D eigenvalue weighted by Crippen LogP contribution is 2.21. The molecule has 1 fully saturated rings. The third-order valence-electron chi connectivity index (χ3n) is 2.28. The van der Waals surface area contributed by atoms with Gasteiger partial charge in [-0.15, -0.1) is 0 Å². The molecule has 84 valence electrons. The Balaban J connectivity index is 2.44. The number of aromatic nitrogens is 2. The zero-order chi connectivity index (χ0) is 11.6. The van der Waals surface area contributed by atoms with Gasteiger partial charge in [0.25, 0.3) is 5.91 Å². The van der Waals surface area contributed by atoms with Gasteiger partial charge in [0, 0.05) is 12.7 Å². The highest BCUT2D eigenvalue weighted by atomic mass is 35.5. The molecule has 16 heavy (non-hydrogen) atoms. The van der Waals surface area contributed by atoms with Crippen molar-refractivity contribution in [2.24, 2.45) is 0 Å². The van der Waals surface area contributed by atoms with Crippen molar-refractivity contribution in [1.29, 1.82) is 0 Å². The van der Waals surface area contributed by atoms with Gasteiger partial charge in [0.1, 0.15) is 0 Å². The Morgan fingerprint density at radius 1 is 1.50 bits per heavy atom. The average molecular weight is 242 g/mol. The number of rotatable bonds is 3. The van der Waals surface area contributed by atoms with Crippen molar-refractivity contribution >= 4 is 23.7 Å². The SMILES string of the molecule is O=C1NC(=O)C(CNCl)(c2cccnn2)N1. The summed E-state index contributed by atoms with van der Waals surface area (Å²) in [7, 11) is 0. The lowest BCUT2D eigenvalue weighted by molar-refractivity contribution is -0.124. The number of carbonyl (C=O) groups excluding carboxylic acids is 2. The van der Waals surface area contributed by atoms with Crippen LogP contribution in [0.2, 0.25) is 0 Å². The molecule has 1 aromatic rings. The molecular weight excluding hydrogens is 234 g/mol. The molecule has 0 saturated carbocycles. The first-order valence-electron chi connectivity index (χ1n) is 4.44. The molecule has 0 aliphatic carbocycles. The Morgan fingerprint density at radius 2 is 2.31 bits per heavy atom. The average Bonchev–Trinajstić information content (AvgIpc) is 2.57. The Hall–Kier alpha value is -1.73. The van der Waals surface area contributed by atoms with E-state index in [1.807, 2.05) is 0 Å². The number of amides is 3. The second-order valence-electron chi connectivity index (χ2n) is 3.23. The predicted molar refractivity (Wildman–Crippen MR) is 54.2 cm³/mol. The molecule has 1 aliphatic rings. The molecule has 3 amide bonds. The van der Waals surface area contributed by atoms with E-state index < -0.39 is 17.5 Å². The lowest BCUT2D eigenvalue weighted by atomic mass is 9.95. The molecule has 1 aliphatic heterocycles. The van der Waals surface area contributed by atoms with E-state index in [1.54, 1.807) is 12.1 Å². The topological polar surface area (TPSA) is 96.0 Å². The Bertz CT molecular complexity index is 426. The normalized spacial score (nSPS) is 24.1. The minimum atomic E-state index is -1.30. The van der Waals surface area contributed by atoms with Gasteiger partial charge >= 0.3 is 6.03 Å². The van der Waals surface area contributed by atoms with Gasteiger partial charge < -0.3 is 5.32 Å². The van der Waals surface area contributed by atoms with Crippen LogP contribution in [0.5, 0.6) is 0 Å². The van der Waals surface area contributed by atoms with E-state index in [2.05, 4.69) is 25.7 Å². The Labute approximate surface area is 95.7 Å². The van der Waals surface area contributed by atoms with Crippen molar-refractivity contribution in [3.63, 3.8) is 0 Å². The first-order valence-corrected chi connectivity index (χ1v) is 4.82. The van der Waals surface area contributed by atoms with Gasteiger partial charge in [-0.1, -0.05) is 0 Å². The van der Waals surface area contributed by atoms with Gasteiger partial charge in [-0.05, 0) is 23.9 Å². The Morgan fingerprint density at radius 3 is 2.81 bits per heavy atom. The van der Waals surface area contributed by atoms with Crippen LogP contribution in [0.3, 0.4) is 0 Å². The van der Waals surface area contributed by atoms with Crippen molar-refractivity contribution in [3.8, 4) is 0 Å². The van der Waals surface area contributed by atoms with Gasteiger partial charge in [-0.3, -0.25) is 10.1 Å². The van der Waals surface area contributed by atoms with Crippen LogP contribution >= 0.6 is 11.8 Å². The van der Waals surface area contributed by atoms with Gasteiger partial charge in [-0.2, -0.15) is 10.2 Å². The van der Waals surface area contributed by atoms with Gasteiger partial charge in [0.2, 0.25) is 0 Å². The van der Waals surface area contributed by atoms with Gasteiger partial charge in [0.05, 0.1) is 5.69 Å². The molecule has 0 aromatic carbocycles. The van der Waals surface area contributed by atoms with Crippen LogP contribution < -0.4 is 15.5 Å². The molecule has 7 nitrogen and oxygen atoms in total. The van der Waals surface area contributed by atoms with E-state index in [-0.39, 0.29) is 6.54 Å². The maximum atomic E-state index is 11.7. The van der Waals surface area contributed by atoms with Crippen molar-refractivity contribution in [2.75, 3.05) is 6.54 Å². The van der Waals surface area contributed by atoms with Crippen LogP contribution in [0.1, 0.15) is 5.69 Å². The molecule has 1 unspecified atom stereocenters. The third-order valence-corrected chi connectivity index (χ3v) is 2.42. The summed E-state index contributed by atoms with van der Waals surface area (Å²) in [5.74, 6) is -0.508. The fourth-order valence-electron chi connectivity index (χ4n) is 1.52. The number of nitrogens with zero attached hydrogens (tertiary/aromatic N) is 2. The van der Waals surface area contributed by atoms with E-state index in [1.165, 1.54) is 6.20 Å². The van der Waals surface area contributed by atoms with Gasteiger partial charge in [0.15, 0.2) is 5.54 Å². The smallest absolute Gasteiger partial charge is 0.317 e. The lowest BCUT2D eigenvalue weighted by Crippen LogP contribution is -2.50. The summed E-state index contributed by atoms with van der Waals surface area (Å²) in [4.78, 5) is 25.2. The molecule has 0 bridgehead atoms. The van der Waals surface area contributed by atoms with Gasteiger partial charge in [-0.25, -0.2) is 9.63 Å². The van der Waals surface area contributed by atoms with Crippen LogP contribution in [-0.2, 0) is 10.3 Å². The fourth-order valence-corrected chi connectivity index (χ4v) is 1.72. The van der Waals surface area contributed by atoms with Crippen LogP contribution in [-0.4, -0.2) is 28.7 Å². The van der Waals surface area contributed by atoms with Crippen molar-refractivity contribution < 1.29 is 9.59 Å². The first kappa shape index (κ1) is 10.8. The van der Waals surface area contributed by atoms with Crippen LogP contribution in [0.4, 0.5) is 4.79 Å². The first-order chi connectivity index (χ1) is 7.69. The molecule has 1 aromatic heterocycles. The summed E-state index contributed by atoms with van der Waals surface area (Å²) in [5.41, 5.74) is -0.973. The molecule has 0 spiro atoms. The summed E-state index contributed by atoms with van der Waals surface area (Å²) in [6.45, 7) is 0.0187. The summed E-state index contributed by atoms with van der Waals surface area (Å²) in [6, 6.07) is 2.63. The Kier molecular flexibility index (Phi) is 2.71. The molecule has 8 heteroatoms. The lowest BCUT2D eigenvalue weighted by Gasteiger charge is -2.23. The summed E-state index contributed by atoms with van der Waals surface area (Å²) in [6.07, 6.45) is 1.47. The van der Waals surface area contributed by atoms with Crippen LogP contribution in [0.15, 0.2) is 18.3 Å². The summed E-state index contributed by atoms with van der Waals surface area (Å²) < 4.78 is 0. The van der Waals surface area contributed by atoms with E-state index in [4.69, 9.17) is 11.8 Å². The van der Waals surface area contributed by atoms with Crippen LogP contribution in [0.25, 0.3) is 0 Å². The molecule has 0 radical (unpaired) electrons. The highest BCUT2D eigenvalue weighted by molar-refractivity contribution is 6.14. The fraction of sp³-hybridized carbons (Fsp3) is 0.250. The standard InChI is InChI=1S/C8H8ClN5O2/c9-10-4-8(5-2-1-3-11-14-5)6(15)12-7(16)13-8/h1-3,10H,4H2,(H2,12,13,15,16). The molecule has 3 N–H and O–H groups in total. The zero-order valence-electron chi connectivity index (χ0n) is 8.03. The third kappa shape index (κ3) is 1.59. The van der Waals surface area contributed by atoms with Crippen molar-refractivity contribution in [3.05, 3.63) is 24.0 Å². The van der Waals surface area contributed by atoms with Crippen molar-refractivity contribution in [1.82, 2.24) is 25.7 Å². The summed E-state index contributed by atoms with van der Waals surface area (Å²) >= 11 is 5.40. The number of imide groups is 1. The molecule has 2 heterocycles. The predicted octanol–water partition coefficient (Wildman–Crippen LogP) is -0.745. The summed E-state index contributed by atoms with van der Waals surface area (Å²) in [5, 5.41) is 12.1. The maximum Gasteiger partial charge on any atom is 0.322 e. The molecule has 1 saturated heterocycles. The second kappa shape index (κ2) is 4.03. The number of carbonyl (C=O) groups is 2.